The number of aliphatic hydroxyl groups is 1. The lowest BCUT2D eigenvalue weighted by Crippen LogP contribution is -2.58. The van der Waals surface area contributed by atoms with E-state index in [0.717, 1.165) is 45.7 Å². The lowest BCUT2D eigenvalue weighted by molar-refractivity contribution is -0.140. The van der Waals surface area contributed by atoms with E-state index in [1.165, 1.54) is 23.5 Å². The molecule has 3 aromatic heterocycles. The van der Waals surface area contributed by atoms with E-state index in [4.69, 9.17) is 9.72 Å². The average molecular weight is 605 g/mol. The topological polar surface area (TPSA) is 120 Å². The number of thiophene rings is 1. The van der Waals surface area contributed by atoms with E-state index in [2.05, 4.69) is 33.5 Å². The zero-order chi connectivity index (χ0) is 30.1. The first-order valence-corrected chi connectivity index (χ1v) is 15.1. The fourth-order valence-electron chi connectivity index (χ4n) is 5.24. The highest BCUT2D eigenvalue weighted by Gasteiger charge is 2.31. The van der Waals surface area contributed by atoms with E-state index in [-0.39, 0.29) is 35.8 Å². The second-order valence-corrected chi connectivity index (χ2v) is 12.2. The molecular weight excluding hydrogens is 571 g/mol. The number of fused-ring (bicyclic) bond motifs is 1. The molecule has 2 fully saturated rings. The fraction of sp³-hybridized carbons (Fsp3) is 0.355. The van der Waals surface area contributed by atoms with Crippen LogP contribution in [-0.2, 0) is 11.3 Å². The van der Waals surface area contributed by atoms with E-state index in [1.807, 2.05) is 25.3 Å². The SMILES string of the molecule is CC1CN(C(=O)CO)[C@H](C)CN1Cc1ccc(-c2cc3nccc(Oc4ccc(NC(=O)NC5CC5)cc4F)c3s2)nc1. The van der Waals surface area contributed by atoms with Gasteiger partial charge in [0, 0.05) is 68.0 Å². The Labute approximate surface area is 252 Å². The van der Waals surface area contributed by atoms with Crippen LogP contribution in [0.25, 0.3) is 20.8 Å². The molecule has 1 saturated carbocycles. The van der Waals surface area contributed by atoms with Gasteiger partial charge in [-0.1, -0.05) is 6.07 Å². The summed E-state index contributed by atoms with van der Waals surface area (Å²) >= 11 is 1.47. The van der Waals surface area contributed by atoms with Gasteiger partial charge in [0.15, 0.2) is 11.6 Å². The van der Waals surface area contributed by atoms with Gasteiger partial charge in [0.1, 0.15) is 12.4 Å². The number of halogens is 1. The first kappa shape index (κ1) is 29.0. The van der Waals surface area contributed by atoms with Crippen molar-refractivity contribution in [3.63, 3.8) is 0 Å². The number of pyridine rings is 2. The largest absolute Gasteiger partial charge is 0.453 e. The molecule has 1 aliphatic carbocycles. The van der Waals surface area contributed by atoms with E-state index in [0.29, 0.717) is 24.5 Å². The summed E-state index contributed by atoms with van der Waals surface area (Å²) in [5.74, 6) is -0.302. The molecule has 10 nitrogen and oxygen atoms in total. The van der Waals surface area contributed by atoms with Gasteiger partial charge >= 0.3 is 6.03 Å². The van der Waals surface area contributed by atoms with Gasteiger partial charge in [0.2, 0.25) is 5.91 Å². The van der Waals surface area contributed by atoms with Crippen LogP contribution in [0.2, 0.25) is 0 Å². The normalized spacial score (nSPS) is 18.9. The minimum atomic E-state index is -0.589. The summed E-state index contributed by atoms with van der Waals surface area (Å²) in [6.45, 7) is 5.62. The Kier molecular flexibility index (Phi) is 8.24. The van der Waals surface area contributed by atoms with Gasteiger partial charge in [0.05, 0.1) is 20.8 Å². The zero-order valence-corrected chi connectivity index (χ0v) is 24.7. The summed E-state index contributed by atoms with van der Waals surface area (Å²) < 4.78 is 21.6. The van der Waals surface area contributed by atoms with E-state index in [1.54, 1.807) is 23.2 Å². The van der Waals surface area contributed by atoms with Gasteiger partial charge in [-0.2, -0.15) is 0 Å². The third kappa shape index (κ3) is 6.61. The summed E-state index contributed by atoms with van der Waals surface area (Å²) in [5, 5.41) is 14.7. The lowest BCUT2D eigenvalue weighted by atomic mass is 10.1. The van der Waals surface area contributed by atoms with Gasteiger partial charge in [-0.3, -0.25) is 19.7 Å². The van der Waals surface area contributed by atoms with Crippen LogP contribution in [-0.4, -0.2) is 74.6 Å². The molecule has 0 radical (unpaired) electrons. The number of hydrogen-bond donors (Lipinski definition) is 3. The molecule has 0 spiro atoms. The maximum Gasteiger partial charge on any atom is 0.319 e. The Morgan fingerprint density at radius 2 is 1.91 bits per heavy atom. The van der Waals surface area contributed by atoms with Crippen molar-refractivity contribution in [3.05, 3.63) is 66.2 Å². The van der Waals surface area contributed by atoms with Crippen LogP contribution in [0.5, 0.6) is 11.5 Å². The third-order valence-electron chi connectivity index (χ3n) is 7.73. The number of ether oxygens (including phenoxy) is 1. The number of amides is 3. The number of carbonyl (C=O) groups excluding carboxylic acids is 2. The van der Waals surface area contributed by atoms with Crippen molar-refractivity contribution in [2.24, 2.45) is 0 Å². The van der Waals surface area contributed by atoms with Crippen molar-refractivity contribution < 1.29 is 23.8 Å². The van der Waals surface area contributed by atoms with Gasteiger partial charge in [-0.15, -0.1) is 11.3 Å². The van der Waals surface area contributed by atoms with Crippen molar-refractivity contribution in [1.29, 1.82) is 0 Å². The van der Waals surface area contributed by atoms with Crippen molar-refractivity contribution in [2.75, 3.05) is 25.0 Å². The molecular formula is C31H33FN6O4S. The first-order valence-electron chi connectivity index (χ1n) is 14.3. The highest BCUT2D eigenvalue weighted by atomic mass is 32.1. The zero-order valence-electron chi connectivity index (χ0n) is 23.9. The Morgan fingerprint density at radius 1 is 1.07 bits per heavy atom. The number of anilines is 1. The van der Waals surface area contributed by atoms with Gasteiger partial charge < -0.3 is 25.4 Å². The maximum absolute atomic E-state index is 14.9. The summed E-state index contributed by atoms with van der Waals surface area (Å²) in [6.07, 6.45) is 5.42. The Bertz CT molecular complexity index is 1640. The minimum absolute atomic E-state index is 0.0204. The molecule has 43 heavy (non-hydrogen) atoms. The number of benzene rings is 1. The quantitative estimate of drug-likeness (QED) is 0.259. The lowest BCUT2D eigenvalue weighted by Gasteiger charge is -2.44. The maximum atomic E-state index is 14.9. The van der Waals surface area contributed by atoms with E-state index >= 15 is 0 Å². The number of hydrogen-bond acceptors (Lipinski definition) is 8. The summed E-state index contributed by atoms with van der Waals surface area (Å²) in [5.41, 5.74) is 2.92. The standard InChI is InChI=1S/C31H33FN6O4S/c1-18-15-38(29(40)17-39)19(2)14-37(18)16-20-3-7-24(34-13-20)28-12-25-30(43-28)27(9-10-33-25)42-26-8-6-22(11-23(26)32)36-31(41)35-21-4-5-21/h3,6-13,18-19,21,39H,4-5,14-17H2,1-2H3,(H2,35,36,41)/t18?,19-/m1/s1. The van der Waals surface area contributed by atoms with Gasteiger partial charge in [-0.25, -0.2) is 9.18 Å². The Morgan fingerprint density at radius 3 is 2.63 bits per heavy atom. The smallest absolute Gasteiger partial charge is 0.319 e. The van der Waals surface area contributed by atoms with Crippen LogP contribution in [0.1, 0.15) is 32.3 Å². The molecule has 6 rings (SSSR count). The van der Waals surface area contributed by atoms with Crippen LogP contribution in [0.4, 0.5) is 14.9 Å². The molecule has 1 saturated heterocycles. The number of aromatic nitrogens is 2. The molecule has 1 aliphatic heterocycles. The molecule has 12 heteroatoms. The number of rotatable bonds is 8. The number of carbonyl (C=O) groups is 2. The van der Waals surface area contributed by atoms with Gasteiger partial charge in [0.25, 0.3) is 0 Å². The van der Waals surface area contributed by atoms with Crippen molar-refractivity contribution in [1.82, 2.24) is 25.1 Å². The van der Waals surface area contributed by atoms with Gasteiger partial charge in [-0.05, 0) is 56.5 Å². The van der Waals surface area contributed by atoms with E-state index < -0.39 is 12.4 Å². The molecule has 3 amide bonds. The third-order valence-corrected chi connectivity index (χ3v) is 8.89. The first-order chi connectivity index (χ1) is 20.8. The summed E-state index contributed by atoms with van der Waals surface area (Å²) in [4.78, 5) is 38.2. The molecule has 4 heterocycles. The summed E-state index contributed by atoms with van der Waals surface area (Å²) in [7, 11) is 0. The minimum Gasteiger partial charge on any atom is -0.453 e. The second-order valence-electron chi connectivity index (χ2n) is 11.1. The predicted octanol–water partition coefficient (Wildman–Crippen LogP) is 4.99. The van der Waals surface area contributed by atoms with Crippen LogP contribution in [0, 0.1) is 5.82 Å². The van der Waals surface area contributed by atoms with Crippen LogP contribution >= 0.6 is 11.3 Å². The number of piperazine rings is 1. The highest BCUT2D eigenvalue weighted by molar-refractivity contribution is 7.22. The van der Waals surface area contributed by atoms with E-state index in [9.17, 15) is 19.1 Å². The Hall–Kier alpha value is -4.13. The van der Waals surface area contributed by atoms with Crippen LogP contribution in [0.15, 0.2) is 54.9 Å². The summed E-state index contributed by atoms with van der Waals surface area (Å²) in [6, 6.07) is 12.0. The second kappa shape index (κ2) is 12.2. The molecule has 1 unspecified atom stereocenters. The monoisotopic (exact) mass is 604 g/mol. The van der Waals surface area contributed by atoms with Crippen LogP contribution < -0.4 is 15.4 Å². The molecule has 224 valence electrons. The van der Waals surface area contributed by atoms with Crippen molar-refractivity contribution >= 4 is 39.2 Å². The number of urea groups is 1. The number of aliphatic hydroxyl groups excluding tert-OH is 1. The van der Waals surface area contributed by atoms with Crippen molar-refractivity contribution in [3.8, 4) is 22.1 Å². The molecule has 0 bridgehead atoms. The van der Waals surface area contributed by atoms with Crippen molar-refractivity contribution in [2.45, 2.75) is 51.4 Å². The predicted molar refractivity (Wildman–Crippen MR) is 163 cm³/mol. The molecule has 2 atom stereocenters. The molecule has 4 aromatic rings. The number of nitrogens with one attached hydrogen (secondary N) is 2. The number of nitrogens with zero attached hydrogens (tertiary/aromatic N) is 4. The highest BCUT2D eigenvalue weighted by Crippen LogP contribution is 2.39. The fourth-order valence-corrected chi connectivity index (χ4v) is 6.28. The van der Waals surface area contributed by atoms with Crippen LogP contribution in [0.3, 0.4) is 0 Å². The molecule has 3 N–H and O–H groups in total. The Balaban J connectivity index is 1.13. The average Bonchev–Trinajstić information content (AvgIpc) is 3.69. The molecule has 2 aliphatic rings. The molecule has 1 aromatic carbocycles.